The maximum Gasteiger partial charge on any atom is 0.356 e. The number of carboxylic acids is 1. The highest BCUT2D eigenvalue weighted by atomic mass is 16.4. The third kappa shape index (κ3) is 1.77. The fourth-order valence-electron chi connectivity index (χ4n) is 2.44. The van der Waals surface area contributed by atoms with Gasteiger partial charge in [0.15, 0.2) is 5.69 Å². The van der Waals surface area contributed by atoms with Crippen molar-refractivity contribution in [2.45, 2.75) is 6.42 Å². The van der Waals surface area contributed by atoms with E-state index in [0.717, 1.165) is 16.8 Å². The van der Waals surface area contributed by atoms with Crippen molar-refractivity contribution in [1.29, 1.82) is 0 Å². The van der Waals surface area contributed by atoms with Crippen LogP contribution in [0.4, 0.5) is 5.69 Å². The Hall–Kier alpha value is -2.63. The van der Waals surface area contributed by atoms with Gasteiger partial charge in [-0.2, -0.15) is 5.10 Å². The summed E-state index contributed by atoms with van der Waals surface area (Å²) < 4.78 is 1.53. The Morgan fingerprint density at radius 3 is 2.70 bits per heavy atom. The van der Waals surface area contributed by atoms with Crippen LogP contribution in [0.3, 0.4) is 0 Å². The zero-order chi connectivity index (χ0) is 14.4. The van der Waals surface area contributed by atoms with Crippen LogP contribution in [0.2, 0.25) is 0 Å². The molecule has 1 aromatic carbocycles. The fraction of sp³-hybridized carbons (Fsp3) is 0.214. The van der Waals surface area contributed by atoms with Gasteiger partial charge in [0.25, 0.3) is 0 Å². The Kier molecular flexibility index (Phi) is 2.60. The predicted molar refractivity (Wildman–Crippen MR) is 72.7 cm³/mol. The van der Waals surface area contributed by atoms with E-state index >= 15 is 0 Å². The van der Waals surface area contributed by atoms with Crippen LogP contribution in [0.15, 0.2) is 24.3 Å². The van der Waals surface area contributed by atoms with Gasteiger partial charge in [-0.3, -0.25) is 9.48 Å². The van der Waals surface area contributed by atoms with Crippen molar-refractivity contribution in [3.05, 3.63) is 35.5 Å². The molecular formula is C14H13N3O3. The fourth-order valence-corrected chi connectivity index (χ4v) is 2.44. The second kappa shape index (κ2) is 4.19. The molecule has 0 fully saturated rings. The standard InChI is InChI=1S/C14H13N3O3/c1-16-11-5-8(3-4-9(11)6-13(16)18)12-7-10(14(19)20)15-17(12)2/h3-5,7H,6H2,1-2H3,(H,19,20). The van der Waals surface area contributed by atoms with E-state index in [0.29, 0.717) is 12.1 Å². The number of fused-ring (bicyclic) bond motifs is 1. The van der Waals surface area contributed by atoms with Gasteiger partial charge < -0.3 is 10.0 Å². The molecule has 0 saturated heterocycles. The number of anilines is 1. The lowest BCUT2D eigenvalue weighted by Gasteiger charge is -2.11. The highest BCUT2D eigenvalue weighted by Gasteiger charge is 2.24. The average molecular weight is 271 g/mol. The van der Waals surface area contributed by atoms with E-state index < -0.39 is 5.97 Å². The van der Waals surface area contributed by atoms with Crippen molar-refractivity contribution in [2.75, 3.05) is 11.9 Å². The summed E-state index contributed by atoms with van der Waals surface area (Å²) in [5.41, 5.74) is 3.41. The molecule has 2 heterocycles. The second-order valence-corrected chi connectivity index (χ2v) is 4.82. The Morgan fingerprint density at radius 1 is 1.30 bits per heavy atom. The maximum absolute atomic E-state index is 11.7. The molecule has 3 rings (SSSR count). The Bertz CT molecular complexity index is 733. The number of aromatic nitrogens is 2. The normalized spacial score (nSPS) is 13.7. The maximum atomic E-state index is 11.7. The van der Waals surface area contributed by atoms with Gasteiger partial charge in [-0.15, -0.1) is 0 Å². The van der Waals surface area contributed by atoms with Crippen LogP contribution < -0.4 is 4.90 Å². The highest BCUT2D eigenvalue weighted by Crippen LogP contribution is 2.32. The number of hydrogen-bond acceptors (Lipinski definition) is 3. The smallest absolute Gasteiger partial charge is 0.356 e. The van der Waals surface area contributed by atoms with E-state index in [1.54, 1.807) is 19.0 Å². The molecule has 1 aliphatic rings. The minimum Gasteiger partial charge on any atom is -0.476 e. The van der Waals surface area contributed by atoms with Crippen molar-refractivity contribution in [3.8, 4) is 11.3 Å². The monoisotopic (exact) mass is 271 g/mol. The van der Waals surface area contributed by atoms with Gasteiger partial charge in [0, 0.05) is 25.3 Å². The van der Waals surface area contributed by atoms with Gasteiger partial charge in [-0.25, -0.2) is 4.79 Å². The Morgan fingerprint density at radius 2 is 2.05 bits per heavy atom. The third-order valence-electron chi connectivity index (χ3n) is 3.56. The molecule has 1 aromatic heterocycles. The average Bonchev–Trinajstić information content (AvgIpc) is 2.92. The number of rotatable bonds is 2. The largest absolute Gasteiger partial charge is 0.476 e. The molecule has 0 bridgehead atoms. The molecule has 1 aliphatic heterocycles. The van der Waals surface area contributed by atoms with Crippen LogP contribution >= 0.6 is 0 Å². The molecule has 0 spiro atoms. The van der Waals surface area contributed by atoms with E-state index in [1.807, 2.05) is 18.2 Å². The van der Waals surface area contributed by atoms with Gasteiger partial charge in [-0.05, 0) is 17.7 Å². The third-order valence-corrected chi connectivity index (χ3v) is 3.56. The number of carbonyl (C=O) groups is 2. The first-order valence-electron chi connectivity index (χ1n) is 6.14. The first kappa shape index (κ1) is 12.4. The molecule has 0 saturated carbocycles. The van der Waals surface area contributed by atoms with Crippen LogP contribution in [0.5, 0.6) is 0 Å². The van der Waals surface area contributed by atoms with Crippen LogP contribution in [0, 0.1) is 0 Å². The summed E-state index contributed by atoms with van der Waals surface area (Å²) in [6.45, 7) is 0. The lowest BCUT2D eigenvalue weighted by atomic mass is 10.1. The number of carbonyl (C=O) groups excluding carboxylic acids is 1. The Balaban J connectivity index is 2.09. The number of benzene rings is 1. The molecule has 1 amide bonds. The van der Waals surface area contributed by atoms with Crippen molar-refractivity contribution < 1.29 is 14.7 Å². The number of amides is 1. The summed E-state index contributed by atoms with van der Waals surface area (Å²) in [4.78, 5) is 24.2. The topological polar surface area (TPSA) is 75.4 Å². The molecule has 102 valence electrons. The number of likely N-dealkylation sites (N-methyl/N-ethyl adjacent to an activating group) is 1. The second-order valence-electron chi connectivity index (χ2n) is 4.82. The van der Waals surface area contributed by atoms with Gasteiger partial charge in [-0.1, -0.05) is 12.1 Å². The molecule has 1 N–H and O–H groups in total. The molecule has 0 radical (unpaired) electrons. The van der Waals surface area contributed by atoms with Gasteiger partial charge >= 0.3 is 5.97 Å². The molecule has 0 atom stereocenters. The highest BCUT2D eigenvalue weighted by molar-refractivity contribution is 6.01. The first-order valence-corrected chi connectivity index (χ1v) is 6.14. The number of carboxylic acid groups (broad SMARTS) is 1. The zero-order valence-electron chi connectivity index (χ0n) is 11.1. The van der Waals surface area contributed by atoms with E-state index in [1.165, 1.54) is 10.7 Å². The molecule has 20 heavy (non-hydrogen) atoms. The lowest BCUT2D eigenvalue weighted by Crippen LogP contribution is -2.20. The molecular weight excluding hydrogens is 258 g/mol. The van der Waals surface area contributed by atoms with Crippen LogP contribution in [0.25, 0.3) is 11.3 Å². The van der Waals surface area contributed by atoms with E-state index in [-0.39, 0.29) is 11.6 Å². The van der Waals surface area contributed by atoms with Crippen molar-refractivity contribution >= 4 is 17.6 Å². The van der Waals surface area contributed by atoms with E-state index in [2.05, 4.69) is 5.10 Å². The van der Waals surface area contributed by atoms with Crippen LogP contribution in [-0.2, 0) is 18.3 Å². The van der Waals surface area contributed by atoms with E-state index in [9.17, 15) is 9.59 Å². The molecule has 0 aliphatic carbocycles. The van der Waals surface area contributed by atoms with Crippen molar-refractivity contribution in [3.63, 3.8) is 0 Å². The summed E-state index contributed by atoms with van der Waals surface area (Å²) in [6.07, 6.45) is 0.415. The molecule has 0 unspecified atom stereocenters. The summed E-state index contributed by atoms with van der Waals surface area (Å²) in [7, 11) is 3.44. The number of hydrogen-bond donors (Lipinski definition) is 1. The van der Waals surface area contributed by atoms with Crippen molar-refractivity contribution in [1.82, 2.24) is 9.78 Å². The number of aryl methyl sites for hydroxylation is 1. The first-order chi connectivity index (χ1) is 9.47. The summed E-state index contributed by atoms with van der Waals surface area (Å²) in [5.74, 6) is -0.992. The van der Waals surface area contributed by atoms with Crippen LogP contribution in [-0.4, -0.2) is 33.8 Å². The SMILES string of the molecule is CN1C(=O)Cc2ccc(-c3cc(C(=O)O)nn3C)cc21. The number of aromatic carboxylic acids is 1. The Labute approximate surface area is 115 Å². The zero-order valence-corrected chi connectivity index (χ0v) is 11.1. The van der Waals surface area contributed by atoms with Gasteiger partial charge in [0.05, 0.1) is 12.1 Å². The van der Waals surface area contributed by atoms with Crippen molar-refractivity contribution in [2.24, 2.45) is 7.05 Å². The molecule has 6 heteroatoms. The van der Waals surface area contributed by atoms with Gasteiger partial charge in [0.1, 0.15) is 0 Å². The molecule has 6 nitrogen and oxygen atoms in total. The molecule has 2 aromatic rings. The van der Waals surface area contributed by atoms with Crippen LogP contribution in [0.1, 0.15) is 16.1 Å². The minimum atomic E-state index is -1.06. The quantitative estimate of drug-likeness (QED) is 0.893. The predicted octanol–water partition coefficient (Wildman–Crippen LogP) is 1.30. The summed E-state index contributed by atoms with van der Waals surface area (Å²) >= 11 is 0. The van der Waals surface area contributed by atoms with Gasteiger partial charge in [0.2, 0.25) is 5.91 Å². The minimum absolute atomic E-state index is 0.00688. The summed E-state index contributed by atoms with van der Waals surface area (Å²) in [6, 6.07) is 7.21. The number of nitrogens with zero attached hydrogens (tertiary/aromatic N) is 3. The summed E-state index contributed by atoms with van der Waals surface area (Å²) in [5, 5.41) is 12.9. The lowest BCUT2D eigenvalue weighted by molar-refractivity contribution is -0.117. The van der Waals surface area contributed by atoms with E-state index in [4.69, 9.17) is 5.11 Å².